The van der Waals surface area contributed by atoms with Gasteiger partial charge in [0, 0.05) is 33.3 Å². The SMILES string of the molecule is COCCC(=O)N1CCC2(CCCN(CCCc3ccccc3)C2=O)C1. The van der Waals surface area contributed by atoms with Crippen LogP contribution in [0, 0.1) is 5.41 Å². The lowest BCUT2D eigenvalue weighted by molar-refractivity contribution is -0.146. The predicted octanol–water partition coefficient (Wildman–Crippen LogP) is 2.50. The van der Waals surface area contributed by atoms with E-state index < -0.39 is 0 Å². The Hall–Kier alpha value is -1.88. The number of piperidine rings is 1. The lowest BCUT2D eigenvalue weighted by atomic mass is 9.78. The molecule has 0 bridgehead atoms. The summed E-state index contributed by atoms with van der Waals surface area (Å²) in [6.45, 7) is 3.40. The molecule has 1 unspecified atom stereocenters. The molecule has 0 saturated carbocycles. The first-order chi connectivity index (χ1) is 12.6. The van der Waals surface area contributed by atoms with E-state index in [1.54, 1.807) is 7.11 Å². The quantitative estimate of drug-likeness (QED) is 0.752. The Morgan fingerprint density at radius 3 is 2.77 bits per heavy atom. The van der Waals surface area contributed by atoms with Crippen LogP contribution in [0.15, 0.2) is 30.3 Å². The summed E-state index contributed by atoms with van der Waals surface area (Å²) in [4.78, 5) is 29.3. The maximum absolute atomic E-state index is 13.1. The monoisotopic (exact) mass is 358 g/mol. The smallest absolute Gasteiger partial charge is 0.230 e. The second kappa shape index (κ2) is 8.67. The summed E-state index contributed by atoms with van der Waals surface area (Å²) < 4.78 is 5.01. The van der Waals surface area contributed by atoms with Crippen molar-refractivity contribution in [1.29, 1.82) is 0 Å². The number of nitrogens with zero attached hydrogens (tertiary/aromatic N) is 2. The first-order valence-electron chi connectivity index (χ1n) is 9.75. The van der Waals surface area contributed by atoms with Gasteiger partial charge >= 0.3 is 0 Å². The van der Waals surface area contributed by atoms with E-state index in [9.17, 15) is 9.59 Å². The number of aryl methyl sites for hydroxylation is 1. The van der Waals surface area contributed by atoms with Crippen LogP contribution in [0.5, 0.6) is 0 Å². The zero-order chi connectivity index (χ0) is 18.4. The van der Waals surface area contributed by atoms with Crippen LogP contribution in [-0.2, 0) is 20.7 Å². The van der Waals surface area contributed by atoms with E-state index in [4.69, 9.17) is 4.74 Å². The van der Waals surface area contributed by atoms with Gasteiger partial charge in [-0.2, -0.15) is 0 Å². The summed E-state index contributed by atoms with van der Waals surface area (Å²) in [5, 5.41) is 0. The number of likely N-dealkylation sites (tertiary alicyclic amines) is 2. The molecule has 1 aromatic carbocycles. The molecule has 0 N–H and O–H groups in total. The van der Waals surface area contributed by atoms with Gasteiger partial charge in [0.1, 0.15) is 0 Å². The third-order valence-electron chi connectivity index (χ3n) is 5.79. The number of ether oxygens (including phenoxy) is 1. The van der Waals surface area contributed by atoms with Crippen molar-refractivity contribution < 1.29 is 14.3 Å². The Labute approximate surface area is 156 Å². The highest BCUT2D eigenvalue weighted by molar-refractivity contribution is 5.86. The van der Waals surface area contributed by atoms with E-state index >= 15 is 0 Å². The normalized spacial score (nSPS) is 23.0. The fourth-order valence-corrected chi connectivity index (χ4v) is 4.30. The largest absolute Gasteiger partial charge is 0.384 e. The van der Waals surface area contributed by atoms with Crippen LogP contribution in [-0.4, -0.2) is 61.5 Å². The van der Waals surface area contributed by atoms with Gasteiger partial charge in [-0.3, -0.25) is 9.59 Å². The van der Waals surface area contributed by atoms with Crippen molar-refractivity contribution in [1.82, 2.24) is 9.80 Å². The van der Waals surface area contributed by atoms with Gasteiger partial charge in [0.2, 0.25) is 11.8 Å². The Morgan fingerprint density at radius 1 is 1.19 bits per heavy atom. The van der Waals surface area contributed by atoms with Gasteiger partial charge in [0.05, 0.1) is 18.4 Å². The molecule has 1 aromatic rings. The molecular weight excluding hydrogens is 328 g/mol. The number of carbonyl (C=O) groups is 2. The molecule has 0 aliphatic carbocycles. The van der Waals surface area contributed by atoms with Gasteiger partial charge < -0.3 is 14.5 Å². The van der Waals surface area contributed by atoms with Crippen molar-refractivity contribution >= 4 is 11.8 Å². The Morgan fingerprint density at radius 2 is 2.00 bits per heavy atom. The predicted molar refractivity (Wildman–Crippen MR) is 101 cm³/mol. The topological polar surface area (TPSA) is 49.9 Å². The third-order valence-corrected chi connectivity index (χ3v) is 5.79. The molecule has 3 rings (SSSR count). The van der Waals surface area contributed by atoms with Gasteiger partial charge in [-0.25, -0.2) is 0 Å². The second-order valence-corrected chi connectivity index (χ2v) is 7.57. The summed E-state index contributed by atoms with van der Waals surface area (Å²) >= 11 is 0. The minimum absolute atomic E-state index is 0.109. The van der Waals surface area contributed by atoms with Crippen molar-refractivity contribution in [2.45, 2.75) is 38.5 Å². The van der Waals surface area contributed by atoms with Crippen molar-refractivity contribution in [2.75, 3.05) is 39.9 Å². The molecule has 2 heterocycles. The summed E-state index contributed by atoms with van der Waals surface area (Å²) in [7, 11) is 1.61. The standard InChI is InChI=1S/C21H30N2O3/c1-26-16-10-19(24)23-15-12-21(17-23)11-6-14-22(20(21)25)13-5-9-18-7-3-2-4-8-18/h2-4,7-8H,5-6,9-17H2,1H3. The van der Waals surface area contributed by atoms with Crippen molar-refractivity contribution in [3.05, 3.63) is 35.9 Å². The number of rotatable bonds is 7. The average Bonchev–Trinajstić information content (AvgIpc) is 3.09. The first-order valence-corrected chi connectivity index (χ1v) is 9.75. The number of methoxy groups -OCH3 is 1. The molecule has 2 aliphatic rings. The van der Waals surface area contributed by atoms with Crippen LogP contribution in [0.1, 0.15) is 37.7 Å². The fourth-order valence-electron chi connectivity index (χ4n) is 4.30. The van der Waals surface area contributed by atoms with Crippen molar-refractivity contribution in [3.63, 3.8) is 0 Å². The summed E-state index contributed by atoms with van der Waals surface area (Å²) in [6.07, 6.45) is 5.15. The maximum Gasteiger partial charge on any atom is 0.230 e. The number of hydrogen-bond donors (Lipinski definition) is 0. The lowest BCUT2D eigenvalue weighted by Gasteiger charge is -2.39. The molecular formula is C21H30N2O3. The fraction of sp³-hybridized carbons (Fsp3) is 0.619. The van der Waals surface area contributed by atoms with Crippen LogP contribution in [0.3, 0.4) is 0 Å². The van der Waals surface area contributed by atoms with Gasteiger partial charge in [0.25, 0.3) is 0 Å². The highest BCUT2D eigenvalue weighted by atomic mass is 16.5. The van der Waals surface area contributed by atoms with Gasteiger partial charge in [0.15, 0.2) is 0 Å². The van der Waals surface area contributed by atoms with E-state index in [0.29, 0.717) is 26.1 Å². The van der Waals surface area contributed by atoms with E-state index in [-0.39, 0.29) is 17.2 Å². The Kier molecular flexibility index (Phi) is 6.30. The molecule has 142 valence electrons. The Bertz CT molecular complexity index is 619. The molecule has 1 spiro atoms. The van der Waals surface area contributed by atoms with Crippen LogP contribution >= 0.6 is 0 Å². The van der Waals surface area contributed by atoms with Crippen LogP contribution < -0.4 is 0 Å². The van der Waals surface area contributed by atoms with Gasteiger partial charge in [-0.1, -0.05) is 30.3 Å². The molecule has 2 aliphatic heterocycles. The number of carbonyl (C=O) groups excluding carboxylic acids is 2. The Balaban J connectivity index is 1.53. The molecule has 2 amide bonds. The molecule has 0 aromatic heterocycles. The minimum atomic E-state index is -0.340. The third kappa shape index (κ3) is 4.26. The number of amides is 2. The number of benzene rings is 1. The van der Waals surface area contributed by atoms with Crippen LogP contribution in [0.25, 0.3) is 0 Å². The highest BCUT2D eigenvalue weighted by Gasteiger charge is 2.49. The highest BCUT2D eigenvalue weighted by Crippen LogP contribution is 2.40. The van der Waals surface area contributed by atoms with Gasteiger partial charge in [-0.15, -0.1) is 0 Å². The molecule has 2 fully saturated rings. The van der Waals surface area contributed by atoms with Crippen LogP contribution in [0.4, 0.5) is 0 Å². The molecule has 5 heteroatoms. The lowest BCUT2D eigenvalue weighted by Crippen LogP contribution is -2.50. The summed E-state index contributed by atoms with van der Waals surface area (Å²) in [5.41, 5.74) is 0.982. The molecule has 0 radical (unpaired) electrons. The maximum atomic E-state index is 13.1. The molecule has 26 heavy (non-hydrogen) atoms. The zero-order valence-corrected chi connectivity index (χ0v) is 15.8. The van der Waals surface area contributed by atoms with E-state index in [1.807, 2.05) is 15.9 Å². The molecule has 5 nitrogen and oxygen atoms in total. The van der Waals surface area contributed by atoms with E-state index in [1.165, 1.54) is 5.56 Å². The number of hydrogen-bond acceptors (Lipinski definition) is 3. The van der Waals surface area contributed by atoms with Crippen LogP contribution in [0.2, 0.25) is 0 Å². The first kappa shape index (κ1) is 18.9. The molecule has 2 saturated heterocycles. The summed E-state index contributed by atoms with van der Waals surface area (Å²) in [6, 6.07) is 10.4. The average molecular weight is 358 g/mol. The minimum Gasteiger partial charge on any atom is -0.384 e. The van der Waals surface area contributed by atoms with E-state index in [0.717, 1.165) is 45.2 Å². The summed E-state index contributed by atoms with van der Waals surface area (Å²) in [5.74, 6) is 0.372. The molecule has 1 atom stereocenters. The van der Waals surface area contributed by atoms with E-state index in [2.05, 4.69) is 24.3 Å². The second-order valence-electron chi connectivity index (χ2n) is 7.57. The zero-order valence-electron chi connectivity index (χ0n) is 15.8. The van der Waals surface area contributed by atoms with Gasteiger partial charge in [-0.05, 0) is 37.7 Å². The van der Waals surface area contributed by atoms with Crippen molar-refractivity contribution in [3.8, 4) is 0 Å². The van der Waals surface area contributed by atoms with Crippen molar-refractivity contribution in [2.24, 2.45) is 5.41 Å².